The maximum absolute atomic E-state index is 5.33. The lowest BCUT2D eigenvalue weighted by atomic mass is 10.1. The van der Waals surface area contributed by atoms with Gasteiger partial charge in [0.15, 0.2) is 0 Å². The van der Waals surface area contributed by atoms with Crippen molar-refractivity contribution in [2.24, 2.45) is 0 Å². The van der Waals surface area contributed by atoms with Gasteiger partial charge in [0.25, 0.3) is 0 Å². The molecule has 1 heterocycles. The second-order valence-corrected chi connectivity index (χ2v) is 3.84. The Labute approximate surface area is 82.0 Å². The van der Waals surface area contributed by atoms with Gasteiger partial charge < -0.3 is 10.1 Å². The first-order valence-corrected chi connectivity index (χ1v) is 5.74. The molecule has 0 aromatic heterocycles. The molecule has 0 aromatic carbocycles. The van der Waals surface area contributed by atoms with Crippen molar-refractivity contribution in [3.63, 3.8) is 0 Å². The molecule has 13 heavy (non-hydrogen) atoms. The smallest absolute Gasteiger partial charge is 0.0466 e. The SMILES string of the molecule is CCOCCCC1CCCCCN1. The van der Waals surface area contributed by atoms with Crippen LogP contribution in [0.15, 0.2) is 0 Å². The van der Waals surface area contributed by atoms with Gasteiger partial charge in [-0.1, -0.05) is 12.8 Å². The lowest BCUT2D eigenvalue weighted by molar-refractivity contribution is 0.140. The minimum Gasteiger partial charge on any atom is -0.382 e. The fourth-order valence-electron chi connectivity index (χ4n) is 1.92. The van der Waals surface area contributed by atoms with E-state index >= 15 is 0 Å². The van der Waals surface area contributed by atoms with E-state index in [0.29, 0.717) is 0 Å². The van der Waals surface area contributed by atoms with Crippen LogP contribution >= 0.6 is 0 Å². The summed E-state index contributed by atoms with van der Waals surface area (Å²) in [7, 11) is 0. The van der Waals surface area contributed by atoms with Gasteiger partial charge in [0.1, 0.15) is 0 Å². The van der Waals surface area contributed by atoms with Crippen molar-refractivity contribution in [3.8, 4) is 0 Å². The monoisotopic (exact) mass is 185 g/mol. The van der Waals surface area contributed by atoms with E-state index in [1.165, 1.54) is 45.1 Å². The molecule has 1 saturated heterocycles. The van der Waals surface area contributed by atoms with Gasteiger partial charge in [-0.3, -0.25) is 0 Å². The quantitative estimate of drug-likeness (QED) is 0.664. The predicted molar refractivity (Wildman–Crippen MR) is 56.0 cm³/mol. The summed E-state index contributed by atoms with van der Waals surface area (Å²) in [6.07, 6.45) is 8.06. The molecule has 1 atom stereocenters. The molecule has 2 nitrogen and oxygen atoms in total. The van der Waals surface area contributed by atoms with Crippen LogP contribution in [-0.4, -0.2) is 25.8 Å². The Bertz CT molecular complexity index is 109. The Balaban J connectivity index is 1.98. The lowest BCUT2D eigenvalue weighted by Gasteiger charge is -2.14. The highest BCUT2D eigenvalue weighted by molar-refractivity contribution is 4.70. The predicted octanol–water partition coefficient (Wildman–Crippen LogP) is 2.34. The van der Waals surface area contributed by atoms with Gasteiger partial charge in [-0.15, -0.1) is 0 Å². The van der Waals surface area contributed by atoms with E-state index in [2.05, 4.69) is 12.2 Å². The van der Waals surface area contributed by atoms with E-state index < -0.39 is 0 Å². The van der Waals surface area contributed by atoms with Crippen molar-refractivity contribution >= 4 is 0 Å². The van der Waals surface area contributed by atoms with E-state index in [9.17, 15) is 0 Å². The largest absolute Gasteiger partial charge is 0.382 e. The van der Waals surface area contributed by atoms with Crippen LogP contribution < -0.4 is 5.32 Å². The summed E-state index contributed by atoms with van der Waals surface area (Å²) >= 11 is 0. The summed E-state index contributed by atoms with van der Waals surface area (Å²) in [6.45, 7) is 5.08. The second kappa shape index (κ2) is 7.34. The van der Waals surface area contributed by atoms with Gasteiger partial charge in [-0.05, 0) is 39.2 Å². The number of ether oxygens (including phenoxy) is 1. The van der Waals surface area contributed by atoms with E-state index in [4.69, 9.17) is 4.74 Å². The number of hydrogen-bond donors (Lipinski definition) is 1. The first-order chi connectivity index (χ1) is 6.43. The van der Waals surface area contributed by atoms with Crippen LogP contribution in [0.1, 0.15) is 45.4 Å². The molecule has 1 fully saturated rings. The molecular weight excluding hydrogens is 162 g/mol. The molecule has 2 heteroatoms. The Morgan fingerprint density at radius 2 is 2.23 bits per heavy atom. The van der Waals surface area contributed by atoms with Crippen molar-refractivity contribution < 1.29 is 4.74 Å². The number of rotatable bonds is 5. The molecule has 1 aliphatic rings. The highest BCUT2D eigenvalue weighted by Crippen LogP contribution is 2.12. The van der Waals surface area contributed by atoms with Gasteiger partial charge in [0.2, 0.25) is 0 Å². The third-order valence-corrected chi connectivity index (χ3v) is 2.71. The topological polar surface area (TPSA) is 21.3 Å². The zero-order valence-electron chi connectivity index (χ0n) is 8.85. The molecule has 1 N–H and O–H groups in total. The van der Waals surface area contributed by atoms with Crippen LogP contribution in [0.25, 0.3) is 0 Å². The summed E-state index contributed by atoms with van der Waals surface area (Å²) in [5.74, 6) is 0. The van der Waals surface area contributed by atoms with Gasteiger partial charge in [-0.25, -0.2) is 0 Å². The summed E-state index contributed by atoms with van der Waals surface area (Å²) in [5.41, 5.74) is 0. The molecule has 0 bridgehead atoms. The Hall–Kier alpha value is -0.0800. The van der Waals surface area contributed by atoms with Crippen molar-refractivity contribution in [1.82, 2.24) is 5.32 Å². The van der Waals surface area contributed by atoms with Crippen molar-refractivity contribution in [2.75, 3.05) is 19.8 Å². The molecular formula is C11H23NO. The minimum atomic E-state index is 0.767. The summed E-state index contributed by atoms with van der Waals surface area (Å²) in [4.78, 5) is 0. The fourth-order valence-corrected chi connectivity index (χ4v) is 1.92. The molecule has 0 radical (unpaired) electrons. The van der Waals surface area contributed by atoms with E-state index in [-0.39, 0.29) is 0 Å². The number of nitrogens with one attached hydrogen (secondary N) is 1. The summed E-state index contributed by atoms with van der Waals surface area (Å²) < 4.78 is 5.33. The summed E-state index contributed by atoms with van der Waals surface area (Å²) in [6, 6.07) is 0.767. The van der Waals surface area contributed by atoms with Crippen LogP contribution in [0.3, 0.4) is 0 Å². The third-order valence-electron chi connectivity index (χ3n) is 2.71. The molecule has 1 aliphatic heterocycles. The van der Waals surface area contributed by atoms with E-state index in [1.54, 1.807) is 0 Å². The van der Waals surface area contributed by atoms with Gasteiger partial charge in [0.05, 0.1) is 0 Å². The molecule has 0 amide bonds. The van der Waals surface area contributed by atoms with Crippen LogP contribution in [0.4, 0.5) is 0 Å². The normalized spacial score (nSPS) is 24.2. The average molecular weight is 185 g/mol. The zero-order chi connectivity index (χ0) is 9.36. The Kier molecular flexibility index (Phi) is 6.21. The second-order valence-electron chi connectivity index (χ2n) is 3.84. The third kappa shape index (κ3) is 5.27. The van der Waals surface area contributed by atoms with Crippen molar-refractivity contribution in [1.29, 1.82) is 0 Å². The van der Waals surface area contributed by atoms with Crippen molar-refractivity contribution in [3.05, 3.63) is 0 Å². The molecule has 1 unspecified atom stereocenters. The molecule has 1 rings (SSSR count). The highest BCUT2D eigenvalue weighted by Gasteiger charge is 2.10. The van der Waals surface area contributed by atoms with Crippen molar-refractivity contribution in [2.45, 2.75) is 51.5 Å². The van der Waals surface area contributed by atoms with E-state index in [1.807, 2.05) is 0 Å². The van der Waals surface area contributed by atoms with E-state index in [0.717, 1.165) is 19.3 Å². The first-order valence-electron chi connectivity index (χ1n) is 5.74. The molecule has 0 aliphatic carbocycles. The zero-order valence-corrected chi connectivity index (χ0v) is 8.85. The number of hydrogen-bond acceptors (Lipinski definition) is 2. The minimum absolute atomic E-state index is 0.767. The molecule has 0 aromatic rings. The molecule has 0 saturated carbocycles. The Morgan fingerprint density at radius 3 is 3.08 bits per heavy atom. The Morgan fingerprint density at radius 1 is 1.31 bits per heavy atom. The van der Waals surface area contributed by atoms with Gasteiger partial charge >= 0.3 is 0 Å². The fraction of sp³-hybridized carbons (Fsp3) is 1.00. The molecule has 78 valence electrons. The average Bonchev–Trinajstić information content (AvgIpc) is 2.41. The van der Waals surface area contributed by atoms with Crippen LogP contribution in [0.2, 0.25) is 0 Å². The van der Waals surface area contributed by atoms with Gasteiger partial charge in [-0.2, -0.15) is 0 Å². The standard InChI is InChI=1S/C11H23NO/c1-2-13-10-6-8-11-7-4-3-5-9-12-11/h11-12H,2-10H2,1H3. The van der Waals surface area contributed by atoms with Gasteiger partial charge in [0, 0.05) is 19.3 Å². The summed E-state index contributed by atoms with van der Waals surface area (Å²) in [5, 5.41) is 3.60. The molecule has 0 spiro atoms. The maximum Gasteiger partial charge on any atom is 0.0466 e. The maximum atomic E-state index is 5.33. The van der Waals surface area contributed by atoms with Crippen LogP contribution in [-0.2, 0) is 4.74 Å². The lowest BCUT2D eigenvalue weighted by Crippen LogP contribution is -2.28. The highest BCUT2D eigenvalue weighted by atomic mass is 16.5. The first kappa shape index (κ1) is 11.0. The van der Waals surface area contributed by atoms with Crippen LogP contribution in [0.5, 0.6) is 0 Å². The van der Waals surface area contributed by atoms with Crippen LogP contribution in [0, 0.1) is 0 Å².